The fourth-order valence-electron chi connectivity index (χ4n) is 3.58. The first-order valence-electron chi connectivity index (χ1n) is 8.77. The lowest BCUT2D eigenvalue weighted by molar-refractivity contribution is -0.129. The second-order valence-corrected chi connectivity index (χ2v) is 8.41. The van der Waals surface area contributed by atoms with E-state index in [1.807, 2.05) is 26.8 Å². The molecule has 2 aliphatic rings. The summed E-state index contributed by atoms with van der Waals surface area (Å²) in [6.07, 6.45) is 1.52. The highest BCUT2D eigenvalue weighted by molar-refractivity contribution is 6.31. The lowest BCUT2D eigenvalue weighted by Crippen LogP contribution is -2.43. The van der Waals surface area contributed by atoms with E-state index < -0.39 is 5.92 Å². The van der Waals surface area contributed by atoms with Gasteiger partial charge in [0.05, 0.1) is 5.92 Å². The molecule has 5 nitrogen and oxygen atoms in total. The first kappa shape index (κ1) is 18.6. The van der Waals surface area contributed by atoms with Crippen LogP contribution in [0.4, 0.5) is 5.69 Å². The molecule has 3 rings (SSSR count). The normalized spacial score (nSPS) is 21.9. The molecule has 0 aromatic heterocycles. The zero-order valence-corrected chi connectivity index (χ0v) is 16.0. The molecule has 1 atom stereocenters. The van der Waals surface area contributed by atoms with Crippen LogP contribution in [0.1, 0.15) is 45.1 Å². The minimum atomic E-state index is -0.528. The van der Waals surface area contributed by atoms with Crippen molar-refractivity contribution in [3.63, 3.8) is 0 Å². The highest BCUT2D eigenvalue weighted by Gasteiger charge is 2.39. The quantitative estimate of drug-likeness (QED) is 0.845. The molecule has 1 aliphatic heterocycles. The molecule has 1 aliphatic carbocycles. The average Bonchev–Trinajstić information content (AvgIpc) is 2.51. The van der Waals surface area contributed by atoms with E-state index in [-0.39, 0.29) is 29.4 Å². The first-order valence-corrected chi connectivity index (χ1v) is 9.14. The standard InChI is InChI=1S/C20H23ClN2O3/c1-11-4-5-13(8-15(11)21)22-18(25)7-12-6-14-16(23-19(12)26)9-20(2,3)10-17(14)24/h4-5,8,12H,6-7,9-10H2,1-3H3,(H,22,25)(H,23,26). The van der Waals surface area contributed by atoms with Gasteiger partial charge < -0.3 is 10.6 Å². The van der Waals surface area contributed by atoms with Gasteiger partial charge in [-0.3, -0.25) is 14.4 Å². The summed E-state index contributed by atoms with van der Waals surface area (Å²) < 4.78 is 0. The van der Waals surface area contributed by atoms with Gasteiger partial charge in [0, 0.05) is 34.8 Å². The maximum atomic E-state index is 12.4. The summed E-state index contributed by atoms with van der Waals surface area (Å²) in [5, 5.41) is 6.20. The van der Waals surface area contributed by atoms with Crippen molar-refractivity contribution in [3.05, 3.63) is 40.1 Å². The number of hydrogen-bond acceptors (Lipinski definition) is 3. The van der Waals surface area contributed by atoms with Crippen molar-refractivity contribution in [3.8, 4) is 0 Å². The minimum absolute atomic E-state index is 0.0325. The number of ketones is 1. The lowest BCUT2D eigenvalue weighted by Gasteiger charge is -2.36. The maximum Gasteiger partial charge on any atom is 0.228 e. The molecule has 1 unspecified atom stereocenters. The van der Waals surface area contributed by atoms with E-state index in [2.05, 4.69) is 10.6 Å². The lowest BCUT2D eigenvalue weighted by atomic mass is 9.72. The Hall–Kier alpha value is -2.14. The van der Waals surface area contributed by atoms with Gasteiger partial charge in [0.2, 0.25) is 11.8 Å². The molecule has 1 aromatic carbocycles. The van der Waals surface area contributed by atoms with E-state index in [1.165, 1.54) is 0 Å². The Morgan fingerprint density at radius 1 is 1.31 bits per heavy atom. The van der Waals surface area contributed by atoms with Crippen LogP contribution in [-0.2, 0) is 14.4 Å². The van der Waals surface area contributed by atoms with Crippen LogP contribution < -0.4 is 10.6 Å². The van der Waals surface area contributed by atoms with Gasteiger partial charge in [-0.1, -0.05) is 31.5 Å². The Morgan fingerprint density at radius 2 is 2.04 bits per heavy atom. The molecule has 0 saturated carbocycles. The number of carbonyl (C=O) groups is 3. The van der Waals surface area contributed by atoms with Gasteiger partial charge in [-0.15, -0.1) is 0 Å². The van der Waals surface area contributed by atoms with Gasteiger partial charge in [0.25, 0.3) is 0 Å². The predicted octanol–water partition coefficient (Wildman–Crippen LogP) is 3.76. The number of carbonyl (C=O) groups excluding carboxylic acids is 3. The van der Waals surface area contributed by atoms with E-state index in [4.69, 9.17) is 11.6 Å². The third-order valence-corrected chi connectivity index (χ3v) is 5.39. The number of halogens is 1. The molecule has 138 valence electrons. The number of amides is 2. The fourth-order valence-corrected chi connectivity index (χ4v) is 3.76. The minimum Gasteiger partial charge on any atom is -0.329 e. The van der Waals surface area contributed by atoms with Crippen LogP contribution in [0.25, 0.3) is 0 Å². The summed E-state index contributed by atoms with van der Waals surface area (Å²) in [6.45, 7) is 5.92. The summed E-state index contributed by atoms with van der Waals surface area (Å²) >= 11 is 6.07. The number of allylic oxidation sites excluding steroid dienone is 2. The van der Waals surface area contributed by atoms with Crippen molar-refractivity contribution in [2.45, 2.75) is 46.5 Å². The van der Waals surface area contributed by atoms with E-state index in [1.54, 1.807) is 12.1 Å². The Kier molecular flexibility index (Phi) is 4.93. The molecule has 0 saturated heterocycles. The third-order valence-electron chi connectivity index (χ3n) is 4.98. The fraction of sp³-hybridized carbons (Fsp3) is 0.450. The summed E-state index contributed by atoms with van der Waals surface area (Å²) in [4.78, 5) is 37.1. The Morgan fingerprint density at radius 3 is 2.73 bits per heavy atom. The number of nitrogens with one attached hydrogen (secondary N) is 2. The monoisotopic (exact) mass is 374 g/mol. The number of Topliss-reactive ketones (excluding diaryl/α,β-unsaturated/α-hetero) is 1. The van der Waals surface area contributed by atoms with Gasteiger partial charge >= 0.3 is 0 Å². The van der Waals surface area contributed by atoms with E-state index in [0.29, 0.717) is 35.5 Å². The number of rotatable bonds is 3. The maximum absolute atomic E-state index is 12.4. The SMILES string of the molecule is Cc1ccc(NC(=O)CC2CC3=C(CC(C)(C)CC3=O)NC2=O)cc1Cl. The third kappa shape index (κ3) is 3.98. The number of benzene rings is 1. The van der Waals surface area contributed by atoms with Crippen LogP contribution in [0, 0.1) is 18.3 Å². The van der Waals surface area contributed by atoms with Crippen molar-refractivity contribution in [1.29, 1.82) is 0 Å². The van der Waals surface area contributed by atoms with E-state index >= 15 is 0 Å². The predicted molar refractivity (Wildman–Crippen MR) is 101 cm³/mol. The summed E-state index contributed by atoms with van der Waals surface area (Å²) in [7, 11) is 0. The largest absolute Gasteiger partial charge is 0.329 e. The molecule has 6 heteroatoms. The Bertz CT molecular complexity index is 826. The first-order chi connectivity index (χ1) is 12.1. The zero-order chi connectivity index (χ0) is 19.1. The molecule has 0 spiro atoms. The van der Waals surface area contributed by atoms with E-state index in [0.717, 1.165) is 11.3 Å². The van der Waals surface area contributed by atoms with Crippen LogP contribution in [0.5, 0.6) is 0 Å². The molecule has 1 aromatic rings. The van der Waals surface area contributed by atoms with Gasteiger partial charge in [-0.2, -0.15) is 0 Å². The van der Waals surface area contributed by atoms with Crippen LogP contribution >= 0.6 is 11.6 Å². The molecule has 26 heavy (non-hydrogen) atoms. The molecule has 0 radical (unpaired) electrons. The second-order valence-electron chi connectivity index (χ2n) is 8.00. The average molecular weight is 375 g/mol. The molecule has 2 N–H and O–H groups in total. The molecule has 1 heterocycles. The van der Waals surface area contributed by atoms with Crippen molar-refractivity contribution in [2.75, 3.05) is 5.32 Å². The Labute approximate surface area is 158 Å². The van der Waals surface area contributed by atoms with Gasteiger partial charge in [-0.25, -0.2) is 0 Å². The van der Waals surface area contributed by atoms with Crippen LogP contribution in [0.3, 0.4) is 0 Å². The van der Waals surface area contributed by atoms with Crippen LogP contribution in [0.2, 0.25) is 5.02 Å². The van der Waals surface area contributed by atoms with Crippen LogP contribution in [0.15, 0.2) is 29.5 Å². The van der Waals surface area contributed by atoms with E-state index in [9.17, 15) is 14.4 Å². The second kappa shape index (κ2) is 6.88. The molecule has 0 fully saturated rings. The van der Waals surface area contributed by atoms with Gasteiger partial charge in [0.1, 0.15) is 0 Å². The van der Waals surface area contributed by atoms with Crippen molar-refractivity contribution in [1.82, 2.24) is 5.32 Å². The topological polar surface area (TPSA) is 75.3 Å². The van der Waals surface area contributed by atoms with Gasteiger partial charge in [-0.05, 0) is 42.9 Å². The van der Waals surface area contributed by atoms with Crippen molar-refractivity contribution in [2.24, 2.45) is 11.3 Å². The summed E-state index contributed by atoms with van der Waals surface area (Å²) in [5.41, 5.74) is 2.79. The molecular formula is C20H23ClN2O3. The number of hydrogen-bond donors (Lipinski definition) is 2. The van der Waals surface area contributed by atoms with Crippen molar-refractivity contribution >= 4 is 34.9 Å². The highest BCUT2D eigenvalue weighted by atomic mass is 35.5. The van der Waals surface area contributed by atoms with Gasteiger partial charge in [0.15, 0.2) is 5.78 Å². The molecule has 0 bridgehead atoms. The zero-order valence-electron chi connectivity index (χ0n) is 15.2. The Balaban J connectivity index is 1.68. The summed E-state index contributed by atoms with van der Waals surface area (Å²) in [5.74, 6) is -0.907. The number of aryl methyl sites for hydroxylation is 1. The number of anilines is 1. The highest BCUT2D eigenvalue weighted by Crippen LogP contribution is 2.40. The molecular weight excluding hydrogens is 352 g/mol. The molecule has 2 amide bonds. The summed E-state index contributed by atoms with van der Waals surface area (Å²) in [6, 6.07) is 5.28. The smallest absolute Gasteiger partial charge is 0.228 e. The van der Waals surface area contributed by atoms with Crippen molar-refractivity contribution < 1.29 is 14.4 Å². The van der Waals surface area contributed by atoms with Crippen LogP contribution in [-0.4, -0.2) is 17.6 Å².